The van der Waals surface area contributed by atoms with Crippen molar-refractivity contribution in [2.45, 2.75) is 13.8 Å². The normalized spacial score (nSPS) is 14.9. The molecule has 0 saturated carbocycles. The summed E-state index contributed by atoms with van der Waals surface area (Å²) in [7, 11) is 0. The first-order valence-corrected chi connectivity index (χ1v) is 10.1. The van der Waals surface area contributed by atoms with E-state index in [0.717, 1.165) is 40.0 Å². The van der Waals surface area contributed by atoms with Crippen molar-refractivity contribution in [1.29, 1.82) is 0 Å². The molecule has 8 heteroatoms. The molecule has 0 radical (unpaired) electrons. The largest absolute Gasteiger partial charge is 0.352 e. The quantitative estimate of drug-likeness (QED) is 0.567. The summed E-state index contributed by atoms with van der Waals surface area (Å²) in [5.74, 6) is 0.955. The lowest BCUT2D eigenvalue weighted by Crippen LogP contribution is -2.49. The number of thiophene rings is 1. The SMILES string of the molecule is Cc1sc2ncnc(N3CCN(C(=O)c4n[nH]c5ccccc45)CC3)c2c1C. The van der Waals surface area contributed by atoms with Gasteiger partial charge in [-0.1, -0.05) is 18.2 Å². The molecule has 7 nitrogen and oxygen atoms in total. The average molecular weight is 392 g/mol. The number of anilines is 1. The van der Waals surface area contributed by atoms with Gasteiger partial charge in [0.25, 0.3) is 5.91 Å². The van der Waals surface area contributed by atoms with E-state index in [9.17, 15) is 4.79 Å². The lowest BCUT2D eigenvalue weighted by molar-refractivity contribution is 0.0742. The molecule has 1 saturated heterocycles. The van der Waals surface area contributed by atoms with Crippen LogP contribution in [0.2, 0.25) is 0 Å². The fourth-order valence-corrected chi connectivity index (χ4v) is 4.79. The Bertz CT molecular complexity index is 1190. The van der Waals surface area contributed by atoms with Crippen LogP contribution in [0.5, 0.6) is 0 Å². The van der Waals surface area contributed by atoms with E-state index in [-0.39, 0.29) is 5.91 Å². The molecule has 28 heavy (non-hydrogen) atoms. The summed E-state index contributed by atoms with van der Waals surface area (Å²) in [5, 5.41) is 9.22. The summed E-state index contributed by atoms with van der Waals surface area (Å²) in [6.45, 7) is 7.03. The van der Waals surface area contributed by atoms with Gasteiger partial charge in [0.05, 0.1) is 10.9 Å². The second kappa shape index (κ2) is 6.56. The van der Waals surface area contributed by atoms with Crippen molar-refractivity contribution in [2.75, 3.05) is 31.1 Å². The molecule has 4 aromatic rings. The van der Waals surface area contributed by atoms with Crippen molar-refractivity contribution in [3.8, 4) is 0 Å². The fraction of sp³-hybridized carbons (Fsp3) is 0.300. The number of aryl methyl sites for hydroxylation is 2. The maximum atomic E-state index is 13.0. The minimum atomic E-state index is -0.0208. The number of piperazine rings is 1. The first-order valence-electron chi connectivity index (χ1n) is 9.31. The molecule has 0 spiro atoms. The highest BCUT2D eigenvalue weighted by Crippen LogP contribution is 2.34. The number of fused-ring (bicyclic) bond motifs is 2. The van der Waals surface area contributed by atoms with Crippen LogP contribution in [0, 0.1) is 13.8 Å². The third-order valence-electron chi connectivity index (χ3n) is 5.48. The van der Waals surface area contributed by atoms with E-state index in [1.807, 2.05) is 29.2 Å². The number of nitrogens with zero attached hydrogens (tertiary/aromatic N) is 5. The number of hydrogen-bond acceptors (Lipinski definition) is 6. The molecular weight excluding hydrogens is 372 g/mol. The van der Waals surface area contributed by atoms with E-state index in [1.54, 1.807) is 17.7 Å². The van der Waals surface area contributed by atoms with Crippen LogP contribution in [0.3, 0.4) is 0 Å². The molecule has 1 fully saturated rings. The van der Waals surface area contributed by atoms with E-state index in [1.165, 1.54) is 10.4 Å². The number of rotatable bonds is 2. The summed E-state index contributed by atoms with van der Waals surface area (Å²) >= 11 is 1.71. The van der Waals surface area contributed by atoms with Crippen molar-refractivity contribution in [3.63, 3.8) is 0 Å². The molecule has 0 unspecified atom stereocenters. The van der Waals surface area contributed by atoms with Crippen molar-refractivity contribution in [3.05, 3.63) is 46.7 Å². The van der Waals surface area contributed by atoms with Crippen LogP contribution < -0.4 is 4.90 Å². The summed E-state index contributed by atoms with van der Waals surface area (Å²) in [6, 6.07) is 7.73. The zero-order valence-corrected chi connectivity index (χ0v) is 16.6. The van der Waals surface area contributed by atoms with Crippen LogP contribution >= 0.6 is 11.3 Å². The van der Waals surface area contributed by atoms with Gasteiger partial charge in [0.2, 0.25) is 0 Å². The van der Waals surface area contributed by atoms with Gasteiger partial charge in [-0.25, -0.2) is 9.97 Å². The molecular formula is C20H20N6OS. The lowest BCUT2D eigenvalue weighted by atomic mass is 10.1. The number of carbonyl (C=O) groups is 1. The maximum absolute atomic E-state index is 13.0. The summed E-state index contributed by atoms with van der Waals surface area (Å²) in [5.41, 5.74) is 2.63. The van der Waals surface area contributed by atoms with Gasteiger partial charge < -0.3 is 9.80 Å². The first-order chi connectivity index (χ1) is 13.6. The molecule has 142 valence electrons. The van der Waals surface area contributed by atoms with Crippen LogP contribution in [0.15, 0.2) is 30.6 Å². The zero-order valence-electron chi connectivity index (χ0n) is 15.8. The Hall–Kier alpha value is -3.00. The lowest BCUT2D eigenvalue weighted by Gasteiger charge is -2.35. The minimum absolute atomic E-state index is 0.0208. The number of aromatic nitrogens is 4. The third kappa shape index (κ3) is 2.63. The summed E-state index contributed by atoms with van der Waals surface area (Å²) in [4.78, 5) is 28.4. The van der Waals surface area contributed by atoms with Gasteiger partial charge in [-0.3, -0.25) is 9.89 Å². The Kier molecular flexibility index (Phi) is 4.01. The molecule has 1 aromatic carbocycles. The predicted molar refractivity (Wildman–Crippen MR) is 111 cm³/mol. The molecule has 0 atom stereocenters. The van der Waals surface area contributed by atoms with Crippen LogP contribution in [-0.2, 0) is 0 Å². The molecule has 1 aliphatic heterocycles. The van der Waals surface area contributed by atoms with E-state index < -0.39 is 0 Å². The number of H-pyrrole nitrogens is 1. The molecule has 0 bridgehead atoms. The Morgan fingerprint density at radius 1 is 1.11 bits per heavy atom. The van der Waals surface area contributed by atoms with Crippen LogP contribution in [-0.4, -0.2) is 57.2 Å². The molecule has 1 N–H and O–H groups in total. The predicted octanol–water partition coefficient (Wildman–Crippen LogP) is 3.15. The Morgan fingerprint density at radius 2 is 1.89 bits per heavy atom. The highest BCUT2D eigenvalue weighted by molar-refractivity contribution is 7.18. The summed E-state index contributed by atoms with van der Waals surface area (Å²) in [6.07, 6.45) is 1.64. The maximum Gasteiger partial charge on any atom is 0.275 e. The Balaban J connectivity index is 1.38. The van der Waals surface area contributed by atoms with Crippen molar-refractivity contribution >= 4 is 44.2 Å². The van der Waals surface area contributed by atoms with Crippen molar-refractivity contribution in [1.82, 2.24) is 25.1 Å². The first kappa shape index (κ1) is 17.1. The number of carbonyl (C=O) groups excluding carboxylic acids is 1. The Morgan fingerprint density at radius 3 is 2.71 bits per heavy atom. The van der Waals surface area contributed by atoms with E-state index in [2.05, 4.69) is 38.9 Å². The van der Waals surface area contributed by atoms with Crippen LogP contribution in [0.25, 0.3) is 21.1 Å². The smallest absolute Gasteiger partial charge is 0.275 e. The number of aromatic amines is 1. The van der Waals surface area contributed by atoms with Crippen molar-refractivity contribution < 1.29 is 4.79 Å². The van der Waals surface area contributed by atoms with E-state index in [0.29, 0.717) is 18.8 Å². The average Bonchev–Trinajstić information content (AvgIpc) is 3.29. The van der Waals surface area contributed by atoms with Gasteiger partial charge >= 0.3 is 0 Å². The molecule has 1 aliphatic rings. The van der Waals surface area contributed by atoms with Crippen LogP contribution in [0.4, 0.5) is 5.82 Å². The number of nitrogens with one attached hydrogen (secondary N) is 1. The van der Waals surface area contributed by atoms with E-state index >= 15 is 0 Å². The van der Waals surface area contributed by atoms with Gasteiger partial charge in [0, 0.05) is 36.4 Å². The number of para-hydroxylation sites is 1. The monoisotopic (exact) mass is 392 g/mol. The Labute approximate surface area is 166 Å². The molecule has 5 rings (SSSR count). The molecule has 4 heterocycles. The molecule has 1 amide bonds. The topological polar surface area (TPSA) is 78.0 Å². The van der Waals surface area contributed by atoms with Gasteiger partial charge in [-0.2, -0.15) is 5.10 Å². The van der Waals surface area contributed by atoms with Gasteiger partial charge in [0.15, 0.2) is 5.69 Å². The highest BCUT2D eigenvalue weighted by atomic mass is 32.1. The molecule has 3 aromatic heterocycles. The molecule has 0 aliphatic carbocycles. The second-order valence-electron chi connectivity index (χ2n) is 7.06. The van der Waals surface area contributed by atoms with Crippen molar-refractivity contribution in [2.24, 2.45) is 0 Å². The fourth-order valence-electron chi connectivity index (χ4n) is 3.80. The van der Waals surface area contributed by atoms with Gasteiger partial charge in [-0.05, 0) is 25.5 Å². The summed E-state index contributed by atoms with van der Waals surface area (Å²) < 4.78 is 0. The van der Waals surface area contributed by atoms with Gasteiger partial charge in [0.1, 0.15) is 17.0 Å². The van der Waals surface area contributed by atoms with Crippen LogP contribution in [0.1, 0.15) is 20.9 Å². The second-order valence-corrected chi connectivity index (χ2v) is 8.26. The minimum Gasteiger partial charge on any atom is -0.352 e. The highest BCUT2D eigenvalue weighted by Gasteiger charge is 2.27. The van der Waals surface area contributed by atoms with Gasteiger partial charge in [-0.15, -0.1) is 11.3 Å². The number of amides is 1. The van der Waals surface area contributed by atoms with E-state index in [4.69, 9.17) is 0 Å². The standard InChI is InChI=1S/C20H20N6OS/c1-12-13(2)28-19-16(12)18(21-11-22-19)25-7-9-26(10-8-25)20(27)17-14-5-3-4-6-15(14)23-24-17/h3-6,11H,7-10H2,1-2H3,(H,23,24). The zero-order chi connectivity index (χ0) is 19.3. The number of hydrogen-bond donors (Lipinski definition) is 1. The number of benzene rings is 1. The third-order valence-corrected chi connectivity index (χ3v) is 6.60.